The molecule has 0 radical (unpaired) electrons. The molecule has 0 aliphatic heterocycles. The third kappa shape index (κ3) is 3.73. The minimum absolute atomic E-state index is 0.0307. The zero-order valence-corrected chi connectivity index (χ0v) is 10.5. The Morgan fingerprint density at radius 3 is 2.67 bits per heavy atom. The molecule has 0 saturated carbocycles. The van der Waals surface area contributed by atoms with Gasteiger partial charge in [-0.15, -0.1) is 0 Å². The molecule has 4 heteroatoms. The molecule has 0 unspecified atom stereocenters. The second-order valence-electron chi connectivity index (χ2n) is 3.80. The number of carbonyl (C=O) groups excluding carboxylic acids is 1. The van der Waals surface area contributed by atoms with Crippen molar-refractivity contribution in [2.45, 2.75) is 19.8 Å². The zero-order valence-electron chi connectivity index (χ0n) is 10.5. The number of benzene rings is 1. The van der Waals surface area contributed by atoms with E-state index >= 15 is 0 Å². The van der Waals surface area contributed by atoms with Gasteiger partial charge in [0.1, 0.15) is 5.75 Å². The van der Waals surface area contributed by atoms with Gasteiger partial charge in [0.25, 0.3) is 0 Å². The van der Waals surface area contributed by atoms with Gasteiger partial charge in [0.05, 0.1) is 12.7 Å². The summed E-state index contributed by atoms with van der Waals surface area (Å²) in [6, 6.07) is 5.02. The van der Waals surface area contributed by atoms with Crippen LogP contribution in [0.1, 0.15) is 35.7 Å². The van der Waals surface area contributed by atoms with Crippen LogP contribution in [0.4, 0.5) is 0 Å². The smallest absolute Gasteiger partial charge is 0.328 e. The Bertz CT molecular complexity index is 475. The highest BCUT2D eigenvalue weighted by Crippen LogP contribution is 2.22. The summed E-state index contributed by atoms with van der Waals surface area (Å²) in [4.78, 5) is 22.2. The minimum Gasteiger partial charge on any atom is -0.496 e. The molecule has 0 aromatic heterocycles. The van der Waals surface area contributed by atoms with Crippen molar-refractivity contribution >= 4 is 17.8 Å². The molecule has 0 aliphatic rings. The summed E-state index contributed by atoms with van der Waals surface area (Å²) in [5.41, 5.74) is 1.22. The molecule has 0 saturated heterocycles. The van der Waals surface area contributed by atoms with Crippen LogP contribution in [-0.4, -0.2) is 24.0 Å². The number of carboxylic acid groups (broad SMARTS) is 1. The number of aliphatic carboxylic acids is 1. The summed E-state index contributed by atoms with van der Waals surface area (Å²) >= 11 is 0. The Morgan fingerprint density at radius 1 is 1.39 bits per heavy atom. The Balaban J connectivity index is 3.03. The lowest BCUT2D eigenvalue weighted by atomic mass is 10.0. The molecule has 0 heterocycles. The third-order valence-electron chi connectivity index (χ3n) is 2.42. The van der Waals surface area contributed by atoms with Gasteiger partial charge in [0.2, 0.25) is 0 Å². The van der Waals surface area contributed by atoms with E-state index in [1.165, 1.54) is 13.2 Å². The van der Waals surface area contributed by atoms with E-state index in [0.717, 1.165) is 12.5 Å². The summed E-state index contributed by atoms with van der Waals surface area (Å²) in [6.07, 6.45) is 3.75. The fourth-order valence-corrected chi connectivity index (χ4v) is 1.57. The molecule has 0 fully saturated rings. The molecular formula is C14H16O4. The molecule has 0 amide bonds. The zero-order chi connectivity index (χ0) is 13.5. The number of ketones is 1. The van der Waals surface area contributed by atoms with Crippen molar-refractivity contribution in [3.05, 3.63) is 35.4 Å². The molecule has 0 atom stereocenters. The monoisotopic (exact) mass is 248 g/mol. The molecule has 1 aromatic rings. The Labute approximate surface area is 106 Å². The molecule has 96 valence electrons. The van der Waals surface area contributed by atoms with Crippen LogP contribution >= 0.6 is 0 Å². The van der Waals surface area contributed by atoms with Crippen LogP contribution < -0.4 is 4.74 Å². The largest absolute Gasteiger partial charge is 0.496 e. The first kappa shape index (κ1) is 14.0. The lowest BCUT2D eigenvalue weighted by Crippen LogP contribution is -2.01. The van der Waals surface area contributed by atoms with Crippen LogP contribution in [0.15, 0.2) is 24.3 Å². The minimum atomic E-state index is -1.01. The van der Waals surface area contributed by atoms with Gasteiger partial charge in [-0.2, -0.15) is 0 Å². The summed E-state index contributed by atoms with van der Waals surface area (Å²) in [5.74, 6) is -0.510. The van der Waals surface area contributed by atoms with E-state index in [2.05, 4.69) is 0 Å². The summed E-state index contributed by atoms with van der Waals surface area (Å²) < 4.78 is 5.16. The number of methoxy groups -OCH3 is 1. The SMILES string of the molecule is CCCC(=O)c1ccc(C=CC(=O)O)cc1OC. The standard InChI is InChI=1S/C14H16O4/c1-3-4-12(15)11-7-5-10(6-8-14(16)17)9-13(11)18-2/h5-9H,3-4H2,1-2H3,(H,16,17). The maximum Gasteiger partial charge on any atom is 0.328 e. The Morgan fingerprint density at radius 2 is 2.11 bits per heavy atom. The maximum atomic E-state index is 11.8. The van der Waals surface area contributed by atoms with Crippen LogP contribution in [-0.2, 0) is 4.79 Å². The molecule has 1 aromatic carbocycles. The van der Waals surface area contributed by atoms with Gasteiger partial charge in [-0.1, -0.05) is 13.0 Å². The Hall–Kier alpha value is -2.10. The normalized spacial score (nSPS) is 10.6. The molecular weight excluding hydrogens is 232 g/mol. The third-order valence-corrected chi connectivity index (χ3v) is 2.42. The molecule has 0 spiro atoms. The number of hydrogen-bond donors (Lipinski definition) is 1. The predicted octanol–water partition coefficient (Wildman–Crippen LogP) is 2.78. The number of Topliss-reactive ketones (excluding diaryl/α,β-unsaturated/α-hetero) is 1. The van der Waals surface area contributed by atoms with Crippen molar-refractivity contribution in [3.8, 4) is 5.75 Å². The van der Waals surface area contributed by atoms with E-state index < -0.39 is 5.97 Å². The van der Waals surface area contributed by atoms with Crippen LogP contribution in [0, 0.1) is 0 Å². The first-order chi connectivity index (χ1) is 8.58. The number of rotatable bonds is 6. The van der Waals surface area contributed by atoms with Gasteiger partial charge in [0.15, 0.2) is 5.78 Å². The van der Waals surface area contributed by atoms with Gasteiger partial charge in [-0.05, 0) is 30.2 Å². The van der Waals surface area contributed by atoms with Crippen molar-refractivity contribution in [1.82, 2.24) is 0 Å². The Kier molecular flexibility index (Phi) is 5.11. The van der Waals surface area contributed by atoms with Crippen molar-refractivity contribution in [2.75, 3.05) is 7.11 Å². The van der Waals surface area contributed by atoms with Gasteiger partial charge >= 0.3 is 5.97 Å². The highest BCUT2D eigenvalue weighted by molar-refractivity contribution is 5.99. The van der Waals surface area contributed by atoms with Crippen molar-refractivity contribution in [2.24, 2.45) is 0 Å². The fourth-order valence-electron chi connectivity index (χ4n) is 1.57. The average molecular weight is 248 g/mol. The lowest BCUT2D eigenvalue weighted by Gasteiger charge is -2.08. The topological polar surface area (TPSA) is 63.6 Å². The number of carboxylic acids is 1. The van der Waals surface area contributed by atoms with E-state index in [0.29, 0.717) is 23.3 Å². The van der Waals surface area contributed by atoms with Crippen molar-refractivity contribution < 1.29 is 19.4 Å². The molecule has 4 nitrogen and oxygen atoms in total. The van der Waals surface area contributed by atoms with Crippen LogP contribution in [0.3, 0.4) is 0 Å². The summed E-state index contributed by atoms with van der Waals surface area (Å²) in [7, 11) is 1.49. The van der Waals surface area contributed by atoms with Gasteiger partial charge in [-0.25, -0.2) is 4.79 Å². The number of ether oxygens (including phenoxy) is 1. The summed E-state index contributed by atoms with van der Waals surface area (Å²) in [5, 5.41) is 8.54. The van der Waals surface area contributed by atoms with E-state index in [-0.39, 0.29) is 5.78 Å². The molecule has 0 bridgehead atoms. The maximum absolute atomic E-state index is 11.8. The van der Waals surface area contributed by atoms with Crippen LogP contribution in [0.5, 0.6) is 5.75 Å². The second-order valence-corrected chi connectivity index (χ2v) is 3.80. The van der Waals surface area contributed by atoms with Gasteiger partial charge in [0, 0.05) is 12.5 Å². The lowest BCUT2D eigenvalue weighted by molar-refractivity contribution is -0.131. The van der Waals surface area contributed by atoms with E-state index in [4.69, 9.17) is 9.84 Å². The average Bonchev–Trinajstić information content (AvgIpc) is 2.36. The van der Waals surface area contributed by atoms with E-state index in [1.807, 2.05) is 6.92 Å². The fraction of sp³-hybridized carbons (Fsp3) is 0.286. The van der Waals surface area contributed by atoms with E-state index in [9.17, 15) is 9.59 Å². The number of carbonyl (C=O) groups is 2. The van der Waals surface area contributed by atoms with Crippen molar-refractivity contribution in [3.63, 3.8) is 0 Å². The van der Waals surface area contributed by atoms with Crippen molar-refractivity contribution in [1.29, 1.82) is 0 Å². The second kappa shape index (κ2) is 6.59. The highest BCUT2D eigenvalue weighted by atomic mass is 16.5. The quantitative estimate of drug-likeness (QED) is 0.621. The first-order valence-electron chi connectivity index (χ1n) is 5.70. The first-order valence-corrected chi connectivity index (χ1v) is 5.70. The molecule has 1 rings (SSSR count). The predicted molar refractivity (Wildman–Crippen MR) is 68.9 cm³/mol. The van der Waals surface area contributed by atoms with Crippen LogP contribution in [0.2, 0.25) is 0 Å². The molecule has 18 heavy (non-hydrogen) atoms. The molecule has 1 N–H and O–H groups in total. The summed E-state index contributed by atoms with van der Waals surface area (Å²) in [6.45, 7) is 1.94. The molecule has 0 aliphatic carbocycles. The van der Waals surface area contributed by atoms with Gasteiger partial charge in [-0.3, -0.25) is 4.79 Å². The van der Waals surface area contributed by atoms with Crippen LogP contribution in [0.25, 0.3) is 6.08 Å². The van der Waals surface area contributed by atoms with Gasteiger partial charge < -0.3 is 9.84 Å². The number of hydrogen-bond acceptors (Lipinski definition) is 3. The highest BCUT2D eigenvalue weighted by Gasteiger charge is 2.11. The van der Waals surface area contributed by atoms with E-state index in [1.54, 1.807) is 18.2 Å².